The van der Waals surface area contributed by atoms with Gasteiger partial charge in [-0.15, -0.1) is 0 Å². The standard InChI is InChI=1S/C26H38N2O2/c29-26(30)12-11-20-7-1-2-10-25(20)27-21-16-22-8-4-9-23(17-21)28(22)24-14-18-5-3-6-19(13-18)15-24/h1-2,7,10,18-19,21-24,27H,3-6,8-9,11-17H2,(H,29,30). The lowest BCUT2D eigenvalue weighted by Crippen LogP contribution is -2.60. The Morgan fingerprint density at radius 2 is 1.57 bits per heavy atom. The summed E-state index contributed by atoms with van der Waals surface area (Å²) in [6.45, 7) is 0. The summed E-state index contributed by atoms with van der Waals surface area (Å²) in [4.78, 5) is 14.0. The van der Waals surface area contributed by atoms with Crippen LogP contribution in [0.15, 0.2) is 24.3 Å². The zero-order valence-corrected chi connectivity index (χ0v) is 18.3. The lowest BCUT2D eigenvalue weighted by Gasteiger charge is -2.55. The van der Waals surface area contributed by atoms with Gasteiger partial charge in [-0.1, -0.05) is 43.9 Å². The van der Waals surface area contributed by atoms with Crippen LogP contribution in [0.2, 0.25) is 0 Å². The van der Waals surface area contributed by atoms with Crippen molar-refractivity contribution in [3.05, 3.63) is 29.8 Å². The highest BCUT2D eigenvalue weighted by molar-refractivity contribution is 5.67. The molecule has 2 N–H and O–H groups in total. The number of anilines is 1. The van der Waals surface area contributed by atoms with Crippen LogP contribution in [0, 0.1) is 11.8 Å². The second-order valence-corrected chi connectivity index (χ2v) is 10.6. The molecular weight excluding hydrogens is 372 g/mol. The fraction of sp³-hybridized carbons (Fsp3) is 0.731. The molecule has 0 aromatic heterocycles. The number of carboxylic acid groups (broad SMARTS) is 1. The van der Waals surface area contributed by atoms with Crippen LogP contribution in [0.5, 0.6) is 0 Å². The Labute approximate surface area is 181 Å². The fourth-order valence-corrected chi connectivity index (χ4v) is 7.41. The number of fused-ring (bicyclic) bond motifs is 4. The van der Waals surface area contributed by atoms with Crippen LogP contribution in [-0.4, -0.2) is 40.1 Å². The molecule has 2 aliphatic heterocycles. The molecule has 0 amide bonds. The maximum absolute atomic E-state index is 11.0. The van der Waals surface area contributed by atoms with Gasteiger partial charge in [0.15, 0.2) is 0 Å². The second-order valence-electron chi connectivity index (χ2n) is 10.6. The number of hydrogen-bond acceptors (Lipinski definition) is 3. The van der Waals surface area contributed by atoms with Crippen LogP contribution in [0.1, 0.15) is 82.6 Å². The van der Waals surface area contributed by atoms with E-state index in [1.807, 2.05) is 6.07 Å². The summed E-state index contributed by atoms with van der Waals surface area (Å²) in [6, 6.07) is 11.2. The summed E-state index contributed by atoms with van der Waals surface area (Å²) in [7, 11) is 0. The van der Waals surface area contributed by atoms with Gasteiger partial charge in [-0.2, -0.15) is 0 Å². The van der Waals surface area contributed by atoms with Crippen LogP contribution in [0.25, 0.3) is 0 Å². The van der Waals surface area contributed by atoms with Crippen molar-refractivity contribution in [2.24, 2.45) is 11.8 Å². The summed E-state index contributed by atoms with van der Waals surface area (Å²) < 4.78 is 0. The minimum absolute atomic E-state index is 0.201. The molecular formula is C26H38N2O2. The van der Waals surface area contributed by atoms with Crippen LogP contribution in [0.3, 0.4) is 0 Å². The van der Waals surface area contributed by atoms with Gasteiger partial charge in [-0.3, -0.25) is 9.69 Å². The lowest BCUT2D eigenvalue weighted by molar-refractivity contribution is -0.136. The zero-order chi connectivity index (χ0) is 20.5. The van der Waals surface area contributed by atoms with E-state index in [1.54, 1.807) is 0 Å². The molecule has 164 valence electrons. The van der Waals surface area contributed by atoms with Gasteiger partial charge in [0, 0.05) is 36.3 Å². The summed E-state index contributed by atoms with van der Waals surface area (Å²) in [6.07, 6.45) is 16.3. The predicted octanol–water partition coefficient (Wildman–Crippen LogP) is 5.47. The molecule has 2 aliphatic carbocycles. The van der Waals surface area contributed by atoms with Crippen LogP contribution >= 0.6 is 0 Å². The number of carboxylic acids is 1. The summed E-state index contributed by atoms with van der Waals surface area (Å²) in [5, 5.41) is 12.9. The third kappa shape index (κ3) is 4.39. The molecule has 1 aromatic rings. The van der Waals surface area contributed by atoms with E-state index in [1.165, 1.54) is 70.6 Å². The van der Waals surface area contributed by atoms with E-state index in [4.69, 9.17) is 5.11 Å². The normalized spacial score (nSPS) is 36.3. The first kappa shape index (κ1) is 20.4. The lowest BCUT2D eigenvalue weighted by atomic mass is 9.68. The Morgan fingerprint density at radius 3 is 2.27 bits per heavy atom. The van der Waals surface area contributed by atoms with E-state index in [-0.39, 0.29) is 6.42 Å². The number of carbonyl (C=O) groups is 1. The average Bonchev–Trinajstić information content (AvgIpc) is 2.72. The van der Waals surface area contributed by atoms with Crippen molar-refractivity contribution in [3.8, 4) is 0 Å². The molecule has 2 saturated heterocycles. The van der Waals surface area contributed by atoms with Crippen molar-refractivity contribution in [2.45, 2.75) is 108 Å². The number of piperidine rings is 2. The molecule has 5 rings (SSSR count). The molecule has 2 saturated carbocycles. The van der Waals surface area contributed by atoms with Gasteiger partial charge in [-0.05, 0) is 74.8 Å². The summed E-state index contributed by atoms with van der Waals surface area (Å²) in [5.74, 6) is 1.28. The zero-order valence-electron chi connectivity index (χ0n) is 18.3. The monoisotopic (exact) mass is 410 g/mol. The van der Waals surface area contributed by atoms with Crippen molar-refractivity contribution in [2.75, 3.05) is 5.32 Å². The molecule has 30 heavy (non-hydrogen) atoms. The van der Waals surface area contributed by atoms with E-state index in [0.717, 1.165) is 41.2 Å². The Balaban J connectivity index is 1.26. The molecule has 4 unspecified atom stereocenters. The highest BCUT2D eigenvalue weighted by atomic mass is 16.4. The first-order valence-corrected chi connectivity index (χ1v) is 12.5. The number of aryl methyl sites for hydroxylation is 1. The topological polar surface area (TPSA) is 52.6 Å². The molecule has 1 aromatic carbocycles. The number of hydrogen-bond donors (Lipinski definition) is 2. The average molecular weight is 411 g/mol. The van der Waals surface area contributed by atoms with Gasteiger partial charge in [0.2, 0.25) is 0 Å². The Bertz CT molecular complexity index is 724. The van der Waals surface area contributed by atoms with Gasteiger partial charge in [-0.25, -0.2) is 0 Å². The Hall–Kier alpha value is -1.55. The number of aliphatic carboxylic acids is 1. The van der Waals surface area contributed by atoms with Crippen LogP contribution in [0.4, 0.5) is 5.69 Å². The van der Waals surface area contributed by atoms with Crippen molar-refractivity contribution in [1.82, 2.24) is 4.90 Å². The smallest absolute Gasteiger partial charge is 0.303 e. The van der Waals surface area contributed by atoms with Crippen molar-refractivity contribution < 1.29 is 9.90 Å². The van der Waals surface area contributed by atoms with Gasteiger partial charge in [0.25, 0.3) is 0 Å². The van der Waals surface area contributed by atoms with Gasteiger partial charge in [0.05, 0.1) is 0 Å². The van der Waals surface area contributed by atoms with Crippen LogP contribution in [-0.2, 0) is 11.2 Å². The van der Waals surface area contributed by atoms with Gasteiger partial charge >= 0.3 is 5.97 Å². The maximum Gasteiger partial charge on any atom is 0.303 e. The molecule has 4 heteroatoms. The number of nitrogens with one attached hydrogen (secondary N) is 1. The summed E-state index contributed by atoms with van der Waals surface area (Å²) >= 11 is 0. The molecule has 4 bridgehead atoms. The van der Waals surface area contributed by atoms with E-state index >= 15 is 0 Å². The molecule has 4 fully saturated rings. The fourth-order valence-electron chi connectivity index (χ4n) is 7.41. The first-order chi connectivity index (χ1) is 14.7. The van der Waals surface area contributed by atoms with E-state index in [0.29, 0.717) is 12.5 Å². The molecule has 4 atom stereocenters. The molecule has 0 radical (unpaired) electrons. The van der Waals surface area contributed by atoms with E-state index in [9.17, 15) is 4.79 Å². The predicted molar refractivity (Wildman–Crippen MR) is 121 cm³/mol. The number of para-hydroxylation sites is 1. The van der Waals surface area contributed by atoms with Gasteiger partial charge < -0.3 is 10.4 Å². The quantitative estimate of drug-likeness (QED) is 0.653. The number of rotatable bonds is 6. The highest BCUT2D eigenvalue weighted by Crippen LogP contribution is 2.46. The summed E-state index contributed by atoms with van der Waals surface area (Å²) in [5.41, 5.74) is 2.30. The third-order valence-corrected chi connectivity index (χ3v) is 8.54. The molecule has 0 spiro atoms. The first-order valence-electron chi connectivity index (χ1n) is 12.5. The van der Waals surface area contributed by atoms with Crippen LogP contribution < -0.4 is 5.32 Å². The largest absolute Gasteiger partial charge is 0.481 e. The van der Waals surface area contributed by atoms with Crippen molar-refractivity contribution >= 4 is 11.7 Å². The van der Waals surface area contributed by atoms with Gasteiger partial charge in [0.1, 0.15) is 0 Å². The van der Waals surface area contributed by atoms with Crippen molar-refractivity contribution in [3.63, 3.8) is 0 Å². The Morgan fingerprint density at radius 1 is 0.900 bits per heavy atom. The number of nitrogens with zero attached hydrogens (tertiary/aromatic N) is 1. The minimum Gasteiger partial charge on any atom is -0.481 e. The Kier molecular flexibility index (Phi) is 6.04. The maximum atomic E-state index is 11.0. The SMILES string of the molecule is O=C(O)CCc1ccccc1NC1CC2CCCC(C1)N2C1CC2CCCC(C2)C1. The molecule has 2 heterocycles. The highest BCUT2D eigenvalue weighted by Gasteiger charge is 2.44. The minimum atomic E-state index is -0.718. The second kappa shape index (κ2) is 8.90. The van der Waals surface area contributed by atoms with E-state index < -0.39 is 5.97 Å². The molecule has 4 nitrogen and oxygen atoms in total. The molecule has 4 aliphatic rings. The van der Waals surface area contributed by atoms with Crippen molar-refractivity contribution in [1.29, 1.82) is 0 Å². The number of benzene rings is 1. The van der Waals surface area contributed by atoms with E-state index in [2.05, 4.69) is 28.4 Å². The third-order valence-electron chi connectivity index (χ3n) is 8.54.